The van der Waals surface area contributed by atoms with Crippen molar-refractivity contribution in [3.05, 3.63) is 89.6 Å². The van der Waals surface area contributed by atoms with Gasteiger partial charge in [0, 0.05) is 17.5 Å². The van der Waals surface area contributed by atoms with E-state index in [1.165, 1.54) is 30.3 Å². The number of aromatic nitrogens is 2. The fourth-order valence-electron chi connectivity index (χ4n) is 3.57. The third-order valence-corrected chi connectivity index (χ3v) is 5.29. The van der Waals surface area contributed by atoms with Gasteiger partial charge in [0.05, 0.1) is 28.1 Å². The highest BCUT2D eigenvalue weighted by atomic mass is 19.1. The number of benzene rings is 3. The van der Waals surface area contributed by atoms with Crippen molar-refractivity contribution in [3.8, 4) is 11.3 Å². The fraction of sp³-hybridized carbons (Fsp3) is 0.154. The van der Waals surface area contributed by atoms with E-state index < -0.39 is 17.7 Å². The molecule has 6 nitrogen and oxygen atoms in total. The minimum atomic E-state index is -0.867. The smallest absolute Gasteiger partial charge is 0.303 e. The number of aliphatic carboxylic acids is 1. The summed E-state index contributed by atoms with van der Waals surface area (Å²) < 4.78 is 27.3. The molecule has 0 saturated heterocycles. The number of para-hydroxylation sites is 1. The lowest BCUT2D eigenvalue weighted by atomic mass is 10.0. The molecule has 0 atom stereocenters. The molecule has 0 aliphatic heterocycles. The summed E-state index contributed by atoms with van der Waals surface area (Å²) >= 11 is 0. The standard InChI is InChI=1S/C26H21F2N3O3/c27-18-12-9-16(10-13-18)25-22(7-3-4-8-24(32)33)29-23-15-17(11-14-21(23)30-25)26(34)31-20-6-2-1-5-19(20)28/h1-2,5-6,9-15H,3-4,7-8H2,(H,31,34)(H,32,33). The number of rotatable bonds is 8. The summed E-state index contributed by atoms with van der Waals surface area (Å²) in [6.07, 6.45) is 1.57. The molecule has 4 aromatic rings. The molecule has 0 spiro atoms. The maximum absolute atomic E-state index is 13.9. The second kappa shape index (κ2) is 10.2. The molecule has 34 heavy (non-hydrogen) atoms. The Kier molecular flexibility index (Phi) is 6.87. The van der Waals surface area contributed by atoms with Crippen molar-refractivity contribution in [1.82, 2.24) is 9.97 Å². The maximum Gasteiger partial charge on any atom is 0.303 e. The molecule has 1 heterocycles. The van der Waals surface area contributed by atoms with Crippen molar-refractivity contribution >= 4 is 28.6 Å². The first-order valence-corrected chi connectivity index (χ1v) is 10.7. The first-order valence-electron chi connectivity index (χ1n) is 10.7. The van der Waals surface area contributed by atoms with Crippen LogP contribution in [-0.2, 0) is 11.2 Å². The lowest BCUT2D eigenvalue weighted by Gasteiger charge is -2.11. The van der Waals surface area contributed by atoms with Crippen LogP contribution in [0, 0.1) is 11.6 Å². The molecule has 1 aromatic heterocycles. The van der Waals surface area contributed by atoms with E-state index in [9.17, 15) is 18.4 Å². The molecule has 0 radical (unpaired) electrons. The molecule has 2 N–H and O–H groups in total. The van der Waals surface area contributed by atoms with E-state index in [2.05, 4.69) is 5.32 Å². The van der Waals surface area contributed by atoms with Gasteiger partial charge < -0.3 is 10.4 Å². The van der Waals surface area contributed by atoms with Crippen LogP contribution in [-0.4, -0.2) is 27.0 Å². The molecule has 0 fully saturated rings. The highest BCUT2D eigenvalue weighted by Crippen LogP contribution is 2.26. The quantitative estimate of drug-likeness (QED) is 0.332. The summed E-state index contributed by atoms with van der Waals surface area (Å²) in [5.74, 6) is -2.26. The van der Waals surface area contributed by atoms with Crippen LogP contribution in [0.3, 0.4) is 0 Å². The molecule has 0 aliphatic rings. The van der Waals surface area contributed by atoms with Gasteiger partial charge in [0.15, 0.2) is 0 Å². The van der Waals surface area contributed by atoms with Crippen molar-refractivity contribution < 1.29 is 23.5 Å². The third kappa shape index (κ3) is 5.40. The normalized spacial score (nSPS) is 10.9. The van der Waals surface area contributed by atoms with E-state index in [0.29, 0.717) is 47.2 Å². The number of carboxylic acids is 1. The lowest BCUT2D eigenvalue weighted by molar-refractivity contribution is -0.137. The number of carbonyl (C=O) groups excluding carboxylic acids is 1. The van der Waals surface area contributed by atoms with Gasteiger partial charge in [0.2, 0.25) is 0 Å². The Hall–Kier alpha value is -4.20. The Morgan fingerprint density at radius 2 is 1.65 bits per heavy atom. The molecular formula is C26H21F2N3O3. The minimum Gasteiger partial charge on any atom is -0.481 e. The highest BCUT2D eigenvalue weighted by Gasteiger charge is 2.15. The van der Waals surface area contributed by atoms with Crippen molar-refractivity contribution in [1.29, 1.82) is 0 Å². The molecule has 0 bridgehead atoms. The number of hydrogen-bond acceptors (Lipinski definition) is 4. The van der Waals surface area contributed by atoms with Gasteiger partial charge in [-0.15, -0.1) is 0 Å². The van der Waals surface area contributed by atoms with Crippen LogP contribution in [0.15, 0.2) is 66.7 Å². The number of carbonyl (C=O) groups is 2. The van der Waals surface area contributed by atoms with Crippen LogP contribution in [0.25, 0.3) is 22.3 Å². The van der Waals surface area contributed by atoms with E-state index in [-0.39, 0.29) is 23.5 Å². The molecule has 8 heteroatoms. The SMILES string of the molecule is O=C(O)CCCCc1nc2cc(C(=O)Nc3ccccc3F)ccc2nc1-c1ccc(F)cc1. The molecule has 4 rings (SSSR count). The summed E-state index contributed by atoms with van der Waals surface area (Å²) in [5.41, 5.74) is 3.25. The van der Waals surface area contributed by atoms with Crippen molar-refractivity contribution in [2.75, 3.05) is 5.32 Å². The summed E-state index contributed by atoms with van der Waals surface area (Å²) in [4.78, 5) is 32.9. The van der Waals surface area contributed by atoms with Gasteiger partial charge in [0.1, 0.15) is 11.6 Å². The van der Waals surface area contributed by atoms with Crippen molar-refractivity contribution in [3.63, 3.8) is 0 Å². The molecule has 0 saturated carbocycles. The van der Waals surface area contributed by atoms with Crippen molar-refractivity contribution in [2.24, 2.45) is 0 Å². The zero-order valence-corrected chi connectivity index (χ0v) is 18.1. The molecule has 1 amide bonds. The van der Waals surface area contributed by atoms with Gasteiger partial charge >= 0.3 is 5.97 Å². The summed E-state index contributed by atoms with van der Waals surface area (Å²) in [5, 5.41) is 11.4. The highest BCUT2D eigenvalue weighted by molar-refractivity contribution is 6.06. The number of nitrogens with zero attached hydrogens (tertiary/aromatic N) is 2. The van der Waals surface area contributed by atoms with Gasteiger partial charge in [-0.1, -0.05) is 12.1 Å². The van der Waals surface area contributed by atoms with Crippen molar-refractivity contribution in [2.45, 2.75) is 25.7 Å². The van der Waals surface area contributed by atoms with Gasteiger partial charge in [-0.2, -0.15) is 0 Å². The van der Waals surface area contributed by atoms with E-state index >= 15 is 0 Å². The first kappa shape index (κ1) is 23.0. The summed E-state index contributed by atoms with van der Waals surface area (Å²) in [6.45, 7) is 0. The third-order valence-electron chi connectivity index (χ3n) is 5.29. The molecule has 0 unspecified atom stereocenters. The molecular weight excluding hydrogens is 440 g/mol. The Morgan fingerprint density at radius 1 is 0.882 bits per heavy atom. The topological polar surface area (TPSA) is 92.2 Å². The average Bonchev–Trinajstić information content (AvgIpc) is 2.83. The van der Waals surface area contributed by atoms with Crippen LogP contribution in [0.1, 0.15) is 35.3 Å². The van der Waals surface area contributed by atoms with Crippen LogP contribution in [0.2, 0.25) is 0 Å². The molecule has 0 aliphatic carbocycles. The Balaban J connectivity index is 1.67. The number of nitrogens with one attached hydrogen (secondary N) is 1. The number of amides is 1. The summed E-state index contributed by atoms with van der Waals surface area (Å²) in [6, 6.07) is 16.6. The Bertz CT molecular complexity index is 1360. The predicted octanol–water partition coefficient (Wildman–Crippen LogP) is 5.62. The van der Waals surface area contributed by atoms with Crippen LogP contribution >= 0.6 is 0 Å². The Labute approximate surface area is 194 Å². The van der Waals surface area contributed by atoms with E-state index in [4.69, 9.17) is 15.1 Å². The lowest BCUT2D eigenvalue weighted by Crippen LogP contribution is -2.13. The average molecular weight is 461 g/mol. The number of hydrogen-bond donors (Lipinski definition) is 2. The Morgan fingerprint density at radius 3 is 2.38 bits per heavy atom. The van der Waals surface area contributed by atoms with Gasteiger partial charge in [0.25, 0.3) is 5.91 Å². The molecule has 172 valence electrons. The predicted molar refractivity (Wildman–Crippen MR) is 124 cm³/mol. The molecule has 3 aromatic carbocycles. The zero-order chi connectivity index (χ0) is 24.1. The van der Waals surface area contributed by atoms with Crippen LogP contribution < -0.4 is 5.32 Å². The number of halogens is 2. The summed E-state index contributed by atoms with van der Waals surface area (Å²) in [7, 11) is 0. The van der Waals surface area contributed by atoms with E-state index in [0.717, 1.165) is 0 Å². The largest absolute Gasteiger partial charge is 0.481 e. The number of anilines is 1. The maximum atomic E-state index is 13.9. The zero-order valence-electron chi connectivity index (χ0n) is 18.1. The number of aryl methyl sites for hydroxylation is 1. The van der Waals surface area contributed by atoms with Gasteiger partial charge in [-0.3, -0.25) is 9.59 Å². The second-order valence-corrected chi connectivity index (χ2v) is 7.76. The number of carboxylic acid groups (broad SMARTS) is 1. The van der Waals surface area contributed by atoms with E-state index in [1.807, 2.05) is 0 Å². The van der Waals surface area contributed by atoms with Crippen LogP contribution in [0.5, 0.6) is 0 Å². The number of unbranched alkanes of at least 4 members (excludes halogenated alkanes) is 1. The second-order valence-electron chi connectivity index (χ2n) is 7.76. The van der Waals surface area contributed by atoms with Gasteiger partial charge in [-0.05, 0) is 73.9 Å². The van der Waals surface area contributed by atoms with Crippen LogP contribution in [0.4, 0.5) is 14.5 Å². The first-order chi connectivity index (χ1) is 16.4. The monoisotopic (exact) mass is 461 g/mol. The fourth-order valence-corrected chi connectivity index (χ4v) is 3.57. The van der Waals surface area contributed by atoms with E-state index in [1.54, 1.807) is 36.4 Å². The van der Waals surface area contributed by atoms with Gasteiger partial charge in [-0.25, -0.2) is 18.7 Å². The number of fused-ring (bicyclic) bond motifs is 1. The minimum absolute atomic E-state index is 0.0489.